The average Bonchev–Trinajstić information content (AvgIpc) is 2.69. The Morgan fingerprint density at radius 1 is 1.11 bits per heavy atom. The van der Waals surface area contributed by atoms with Gasteiger partial charge < -0.3 is 20.1 Å². The smallest absolute Gasteiger partial charge is 0.224 e. The third-order valence-electron chi connectivity index (χ3n) is 4.56. The second kappa shape index (κ2) is 10.1. The van der Waals surface area contributed by atoms with Crippen LogP contribution in [0.2, 0.25) is 0 Å². The van der Waals surface area contributed by atoms with Gasteiger partial charge in [-0.15, -0.1) is 0 Å². The standard InChI is InChI=1S/C20H29N5O2/c1-16-15-19(21-8-7-17-5-3-4-6-18(17)26-2)24-20(23-16)22-9-10-25-11-13-27-14-12-25/h3-6,15H,7-14H2,1-2H3,(H2,21,22,23,24). The van der Waals surface area contributed by atoms with Gasteiger partial charge in [-0.05, 0) is 25.0 Å². The summed E-state index contributed by atoms with van der Waals surface area (Å²) in [6.07, 6.45) is 0.868. The SMILES string of the molecule is COc1ccccc1CCNc1cc(C)nc(NCCN2CCOCC2)n1. The summed E-state index contributed by atoms with van der Waals surface area (Å²) in [6.45, 7) is 8.19. The topological polar surface area (TPSA) is 71.5 Å². The lowest BCUT2D eigenvalue weighted by Gasteiger charge is -2.26. The number of nitrogens with one attached hydrogen (secondary N) is 2. The summed E-state index contributed by atoms with van der Waals surface area (Å²) < 4.78 is 10.8. The van der Waals surface area contributed by atoms with E-state index in [0.717, 1.165) is 69.6 Å². The second-order valence-corrected chi connectivity index (χ2v) is 6.59. The first-order chi connectivity index (χ1) is 13.2. The Morgan fingerprint density at radius 2 is 1.93 bits per heavy atom. The van der Waals surface area contributed by atoms with Crippen LogP contribution in [0.1, 0.15) is 11.3 Å². The van der Waals surface area contributed by atoms with Crippen molar-refractivity contribution < 1.29 is 9.47 Å². The monoisotopic (exact) mass is 371 g/mol. The molecule has 0 aliphatic carbocycles. The average molecular weight is 371 g/mol. The number of rotatable bonds is 9. The number of nitrogens with zero attached hydrogens (tertiary/aromatic N) is 3. The number of anilines is 2. The van der Waals surface area contributed by atoms with Gasteiger partial charge >= 0.3 is 0 Å². The van der Waals surface area contributed by atoms with Gasteiger partial charge in [-0.25, -0.2) is 4.98 Å². The van der Waals surface area contributed by atoms with Gasteiger partial charge in [0.15, 0.2) is 0 Å². The van der Waals surface area contributed by atoms with E-state index in [-0.39, 0.29) is 0 Å². The van der Waals surface area contributed by atoms with Gasteiger partial charge in [0.25, 0.3) is 0 Å². The summed E-state index contributed by atoms with van der Waals surface area (Å²) >= 11 is 0. The zero-order valence-electron chi connectivity index (χ0n) is 16.2. The molecule has 1 aliphatic rings. The van der Waals surface area contributed by atoms with E-state index < -0.39 is 0 Å². The Morgan fingerprint density at radius 3 is 2.74 bits per heavy atom. The summed E-state index contributed by atoms with van der Waals surface area (Å²) in [5.74, 6) is 2.43. The number of benzene rings is 1. The first kappa shape index (κ1) is 19.4. The van der Waals surface area contributed by atoms with Gasteiger partial charge in [-0.3, -0.25) is 4.90 Å². The van der Waals surface area contributed by atoms with Gasteiger partial charge in [0, 0.05) is 44.5 Å². The predicted molar refractivity (Wildman–Crippen MR) is 108 cm³/mol. The van der Waals surface area contributed by atoms with Crippen LogP contribution >= 0.6 is 0 Å². The Balaban J connectivity index is 1.49. The molecule has 0 saturated carbocycles. The van der Waals surface area contributed by atoms with Crippen LogP contribution in [-0.4, -0.2) is 67.9 Å². The molecule has 0 atom stereocenters. The summed E-state index contributed by atoms with van der Waals surface area (Å²) in [4.78, 5) is 11.5. The largest absolute Gasteiger partial charge is 0.496 e. The fraction of sp³-hybridized carbons (Fsp3) is 0.500. The van der Waals surface area contributed by atoms with Crippen LogP contribution in [0.25, 0.3) is 0 Å². The zero-order valence-corrected chi connectivity index (χ0v) is 16.2. The van der Waals surface area contributed by atoms with E-state index in [1.807, 2.05) is 31.2 Å². The van der Waals surface area contributed by atoms with Crippen molar-refractivity contribution in [1.29, 1.82) is 0 Å². The Kier molecular flexibility index (Phi) is 7.24. The highest BCUT2D eigenvalue weighted by Gasteiger charge is 2.10. The maximum Gasteiger partial charge on any atom is 0.224 e. The number of hydrogen-bond donors (Lipinski definition) is 2. The molecule has 1 fully saturated rings. The lowest BCUT2D eigenvalue weighted by Crippen LogP contribution is -2.39. The van der Waals surface area contributed by atoms with Crippen LogP contribution in [0.5, 0.6) is 5.75 Å². The van der Waals surface area contributed by atoms with Crippen molar-refractivity contribution in [2.75, 3.05) is 63.7 Å². The Bertz CT molecular complexity index is 719. The molecule has 2 aromatic rings. The van der Waals surface area contributed by atoms with Gasteiger partial charge in [0.2, 0.25) is 5.95 Å². The third-order valence-corrected chi connectivity index (χ3v) is 4.56. The molecule has 1 aromatic heterocycles. The molecular formula is C20H29N5O2. The molecule has 1 saturated heterocycles. The number of methoxy groups -OCH3 is 1. The maximum atomic E-state index is 5.41. The van der Waals surface area contributed by atoms with Crippen molar-refractivity contribution in [3.05, 3.63) is 41.6 Å². The molecule has 0 amide bonds. The molecule has 0 spiro atoms. The van der Waals surface area contributed by atoms with Crippen LogP contribution in [0.15, 0.2) is 30.3 Å². The van der Waals surface area contributed by atoms with Crippen molar-refractivity contribution in [2.45, 2.75) is 13.3 Å². The molecule has 7 heteroatoms. The molecule has 27 heavy (non-hydrogen) atoms. The van der Waals surface area contributed by atoms with Crippen molar-refractivity contribution >= 4 is 11.8 Å². The highest BCUT2D eigenvalue weighted by atomic mass is 16.5. The summed E-state index contributed by atoms with van der Waals surface area (Å²) in [5.41, 5.74) is 2.13. The van der Waals surface area contributed by atoms with E-state index in [0.29, 0.717) is 5.95 Å². The molecule has 1 aromatic carbocycles. The van der Waals surface area contributed by atoms with Gasteiger partial charge in [-0.2, -0.15) is 4.98 Å². The summed E-state index contributed by atoms with van der Waals surface area (Å²) in [6, 6.07) is 10.1. The Labute approximate surface area is 161 Å². The fourth-order valence-electron chi connectivity index (χ4n) is 3.12. The van der Waals surface area contributed by atoms with E-state index in [4.69, 9.17) is 9.47 Å². The number of hydrogen-bond acceptors (Lipinski definition) is 7. The maximum absolute atomic E-state index is 5.41. The summed E-state index contributed by atoms with van der Waals surface area (Å²) in [7, 11) is 1.70. The first-order valence-corrected chi connectivity index (χ1v) is 9.50. The molecule has 1 aliphatic heterocycles. The minimum atomic E-state index is 0.669. The molecule has 7 nitrogen and oxygen atoms in total. The van der Waals surface area contributed by atoms with Crippen LogP contribution in [0.3, 0.4) is 0 Å². The van der Waals surface area contributed by atoms with Crippen molar-refractivity contribution in [2.24, 2.45) is 0 Å². The number of ether oxygens (including phenoxy) is 2. The molecule has 2 heterocycles. The van der Waals surface area contributed by atoms with Gasteiger partial charge in [0.05, 0.1) is 20.3 Å². The van der Waals surface area contributed by atoms with E-state index >= 15 is 0 Å². The first-order valence-electron chi connectivity index (χ1n) is 9.50. The van der Waals surface area contributed by atoms with E-state index in [1.54, 1.807) is 7.11 Å². The quantitative estimate of drug-likeness (QED) is 0.700. The molecule has 3 rings (SSSR count). The van der Waals surface area contributed by atoms with Crippen LogP contribution in [0, 0.1) is 6.92 Å². The summed E-state index contributed by atoms with van der Waals surface area (Å²) in [5, 5.41) is 6.73. The molecular weight excluding hydrogens is 342 g/mol. The van der Waals surface area contributed by atoms with Crippen LogP contribution in [0.4, 0.5) is 11.8 Å². The van der Waals surface area contributed by atoms with Crippen molar-refractivity contribution in [3.63, 3.8) is 0 Å². The molecule has 0 bridgehead atoms. The minimum Gasteiger partial charge on any atom is -0.496 e. The number of para-hydroxylation sites is 1. The second-order valence-electron chi connectivity index (χ2n) is 6.59. The Hall–Kier alpha value is -2.38. The number of morpholine rings is 1. The van der Waals surface area contributed by atoms with Gasteiger partial charge in [0.1, 0.15) is 11.6 Å². The van der Waals surface area contributed by atoms with E-state index in [1.165, 1.54) is 5.56 Å². The number of aromatic nitrogens is 2. The minimum absolute atomic E-state index is 0.669. The van der Waals surface area contributed by atoms with Crippen LogP contribution in [-0.2, 0) is 11.2 Å². The molecule has 146 valence electrons. The zero-order chi connectivity index (χ0) is 18.9. The lowest BCUT2D eigenvalue weighted by molar-refractivity contribution is 0.0398. The third kappa shape index (κ3) is 6.08. The van der Waals surface area contributed by atoms with E-state index in [9.17, 15) is 0 Å². The number of aryl methyl sites for hydroxylation is 1. The van der Waals surface area contributed by atoms with Crippen molar-refractivity contribution in [1.82, 2.24) is 14.9 Å². The highest BCUT2D eigenvalue weighted by Crippen LogP contribution is 2.18. The van der Waals surface area contributed by atoms with Gasteiger partial charge in [-0.1, -0.05) is 18.2 Å². The normalized spacial score (nSPS) is 14.7. The fourth-order valence-corrected chi connectivity index (χ4v) is 3.12. The molecule has 0 radical (unpaired) electrons. The molecule has 2 N–H and O–H groups in total. The van der Waals surface area contributed by atoms with E-state index in [2.05, 4.69) is 31.6 Å². The lowest BCUT2D eigenvalue weighted by atomic mass is 10.1. The highest BCUT2D eigenvalue weighted by molar-refractivity contribution is 5.42. The molecule has 0 unspecified atom stereocenters. The van der Waals surface area contributed by atoms with Crippen LogP contribution < -0.4 is 15.4 Å². The van der Waals surface area contributed by atoms with Crippen molar-refractivity contribution in [3.8, 4) is 5.75 Å². The predicted octanol–water partition coefficient (Wildman–Crippen LogP) is 2.19.